The molecular formula is C14H18N2O4. The summed E-state index contributed by atoms with van der Waals surface area (Å²) in [5.41, 5.74) is 6.23. The summed E-state index contributed by atoms with van der Waals surface area (Å²) in [6.45, 7) is 4.71. The molecule has 0 aliphatic rings. The fourth-order valence-electron chi connectivity index (χ4n) is 1.81. The highest BCUT2D eigenvalue weighted by Crippen LogP contribution is 2.32. The number of para-hydroxylation sites is 1. The molecule has 0 atom stereocenters. The van der Waals surface area contributed by atoms with Crippen LogP contribution >= 0.6 is 0 Å². The van der Waals surface area contributed by atoms with Crippen LogP contribution < -0.4 is 10.5 Å². The third kappa shape index (κ3) is 3.03. The van der Waals surface area contributed by atoms with Gasteiger partial charge in [0, 0.05) is 0 Å². The fourth-order valence-corrected chi connectivity index (χ4v) is 1.81. The van der Waals surface area contributed by atoms with Crippen molar-refractivity contribution in [3.63, 3.8) is 0 Å². The third-order valence-electron chi connectivity index (χ3n) is 2.67. The van der Waals surface area contributed by atoms with Gasteiger partial charge in [0.15, 0.2) is 5.75 Å². The van der Waals surface area contributed by atoms with Crippen LogP contribution in [0.15, 0.2) is 33.8 Å². The normalized spacial score (nSPS) is 12.2. The van der Waals surface area contributed by atoms with Gasteiger partial charge in [0.25, 0.3) is 0 Å². The van der Waals surface area contributed by atoms with E-state index in [0.717, 1.165) is 5.39 Å². The van der Waals surface area contributed by atoms with E-state index in [9.17, 15) is 0 Å². The molecule has 0 aliphatic heterocycles. The molecular weight excluding hydrogens is 260 g/mol. The number of furan rings is 1. The Morgan fingerprint density at radius 3 is 2.80 bits per heavy atom. The summed E-state index contributed by atoms with van der Waals surface area (Å²) in [6.07, 6.45) is 0.142. The molecule has 0 bridgehead atoms. The Morgan fingerprint density at radius 2 is 2.10 bits per heavy atom. The van der Waals surface area contributed by atoms with Crippen molar-refractivity contribution in [3.8, 4) is 5.75 Å². The van der Waals surface area contributed by atoms with Crippen LogP contribution in [0.2, 0.25) is 0 Å². The second-order valence-corrected chi connectivity index (χ2v) is 4.51. The summed E-state index contributed by atoms with van der Waals surface area (Å²) in [6, 6.07) is 7.35. The average molecular weight is 278 g/mol. The lowest BCUT2D eigenvalue weighted by Gasteiger charge is -2.09. The Morgan fingerprint density at radius 1 is 1.35 bits per heavy atom. The molecule has 6 heteroatoms. The van der Waals surface area contributed by atoms with Gasteiger partial charge in [-0.15, -0.1) is 0 Å². The van der Waals surface area contributed by atoms with Gasteiger partial charge < -0.3 is 24.8 Å². The molecule has 1 heterocycles. The Hall–Kier alpha value is -2.21. The van der Waals surface area contributed by atoms with Crippen molar-refractivity contribution < 1.29 is 19.1 Å². The number of ether oxygens (including phenoxy) is 2. The van der Waals surface area contributed by atoms with E-state index in [2.05, 4.69) is 5.16 Å². The number of hydrogen-bond acceptors (Lipinski definition) is 5. The standard InChI is InChI=1S/C14H18N2O4/c1-9(2)18-7-8-19-12-10-5-3-4-6-11(10)20-13(12)14(15)16-17/h3-6,9,17H,7-8H2,1-2H3,(H2,15,16). The molecule has 6 nitrogen and oxygen atoms in total. The van der Waals surface area contributed by atoms with Crippen LogP contribution in [-0.4, -0.2) is 30.4 Å². The Bertz CT molecular complexity index is 604. The van der Waals surface area contributed by atoms with Crippen LogP contribution in [0.1, 0.15) is 19.6 Å². The van der Waals surface area contributed by atoms with Gasteiger partial charge in [-0.05, 0) is 26.0 Å². The van der Waals surface area contributed by atoms with Crippen molar-refractivity contribution in [2.45, 2.75) is 20.0 Å². The molecule has 0 saturated heterocycles. The Kier molecular flexibility index (Phi) is 4.47. The lowest BCUT2D eigenvalue weighted by atomic mass is 10.2. The largest absolute Gasteiger partial charge is 0.486 e. The average Bonchev–Trinajstić information content (AvgIpc) is 2.81. The summed E-state index contributed by atoms with van der Waals surface area (Å²) in [7, 11) is 0. The quantitative estimate of drug-likeness (QED) is 0.278. The highest BCUT2D eigenvalue weighted by molar-refractivity contribution is 6.03. The topological polar surface area (TPSA) is 90.2 Å². The molecule has 2 rings (SSSR count). The highest BCUT2D eigenvalue weighted by Gasteiger charge is 2.18. The molecule has 1 aromatic heterocycles. The number of nitrogens with zero attached hydrogens (tertiary/aromatic N) is 1. The number of nitrogens with two attached hydrogens (primary N) is 1. The van der Waals surface area contributed by atoms with E-state index in [1.807, 2.05) is 32.0 Å². The van der Waals surface area contributed by atoms with Crippen LogP contribution in [0.5, 0.6) is 5.75 Å². The third-order valence-corrected chi connectivity index (χ3v) is 2.67. The molecule has 20 heavy (non-hydrogen) atoms. The number of hydrogen-bond donors (Lipinski definition) is 2. The van der Waals surface area contributed by atoms with Gasteiger partial charge in [-0.25, -0.2) is 0 Å². The number of fused-ring (bicyclic) bond motifs is 1. The first kappa shape index (κ1) is 14.2. The molecule has 2 aromatic rings. The van der Waals surface area contributed by atoms with E-state index >= 15 is 0 Å². The monoisotopic (exact) mass is 278 g/mol. The van der Waals surface area contributed by atoms with Crippen LogP contribution in [-0.2, 0) is 4.74 Å². The zero-order valence-corrected chi connectivity index (χ0v) is 11.5. The van der Waals surface area contributed by atoms with Crippen LogP contribution in [0, 0.1) is 0 Å². The van der Waals surface area contributed by atoms with Crippen LogP contribution in [0.4, 0.5) is 0 Å². The first-order valence-corrected chi connectivity index (χ1v) is 6.37. The van der Waals surface area contributed by atoms with Gasteiger partial charge in [0.2, 0.25) is 11.6 Å². The van der Waals surface area contributed by atoms with Gasteiger partial charge in [-0.1, -0.05) is 17.3 Å². The molecule has 3 N–H and O–H groups in total. The van der Waals surface area contributed by atoms with Crippen molar-refractivity contribution in [3.05, 3.63) is 30.0 Å². The highest BCUT2D eigenvalue weighted by atomic mass is 16.5. The van der Waals surface area contributed by atoms with E-state index in [0.29, 0.717) is 24.5 Å². The zero-order chi connectivity index (χ0) is 14.5. The number of amidine groups is 1. The lowest BCUT2D eigenvalue weighted by Crippen LogP contribution is -2.15. The molecule has 0 aliphatic carbocycles. The summed E-state index contributed by atoms with van der Waals surface area (Å²) in [5.74, 6) is 0.558. The van der Waals surface area contributed by atoms with Crippen molar-refractivity contribution in [1.82, 2.24) is 0 Å². The van der Waals surface area contributed by atoms with Crippen molar-refractivity contribution in [2.75, 3.05) is 13.2 Å². The Labute approximate surface area is 116 Å². The minimum Gasteiger partial charge on any atom is -0.486 e. The predicted octanol–water partition coefficient (Wildman–Crippen LogP) is 2.33. The van der Waals surface area contributed by atoms with Gasteiger partial charge in [0.05, 0.1) is 18.1 Å². The van der Waals surface area contributed by atoms with E-state index in [-0.39, 0.29) is 17.7 Å². The molecule has 108 valence electrons. The zero-order valence-electron chi connectivity index (χ0n) is 11.5. The SMILES string of the molecule is CC(C)OCCOc1c(/C(N)=N/O)oc2ccccc12. The predicted molar refractivity (Wildman–Crippen MR) is 75.3 cm³/mol. The van der Waals surface area contributed by atoms with Crippen LogP contribution in [0.3, 0.4) is 0 Å². The summed E-state index contributed by atoms with van der Waals surface area (Å²) >= 11 is 0. The van der Waals surface area contributed by atoms with Crippen molar-refractivity contribution >= 4 is 16.8 Å². The second-order valence-electron chi connectivity index (χ2n) is 4.51. The minimum absolute atomic E-state index is 0.124. The molecule has 0 spiro atoms. The van der Waals surface area contributed by atoms with E-state index in [1.165, 1.54) is 0 Å². The molecule has 0 fully saturated rings. The summed E-state index contributed by atoms with van der Waals surface area (Å²) < 4.78 is 16.6. The van der Waals surface area contributed by atoms with Crippen molar-refractivity contribution in [2.24, 2.45) is 10.9 Å². The number of benzene rings is 1. The lowest BCUT2D eigenvalue weighted by molar-refractivity contribution is 0.0553. The van der Waals surface area contributed by atoms with E-state index < -0.39 is 0 Å². The van der Waals surface area contributed by atoms with E-state index in [4.69, 9.17) is 24.8 Å². The van der Waals surface area contributed by atoms with Crippen molar-refractivity contribution in [1.29, 1.82) is 0 Å². The summed E-state index contributed by atoms with van der Waals surface area (Å²) in [5, 5.41) is 12.5. The van der Waals surface area contributed by atoms with Gasteiger partial charge in [-0.3, -0.25) is 0 Å². The maximum atomic E-state index is 8.80. The molecule has 0 radical (unpaired) electrons. The smallest absolute Gasteiger partial charge is 0.215 e. The molecule has 0 saturated carbocycles. The van der Waals surface area contributed by atoms with Gasteiger partial charge >= 0.3 is 0 Å². The second kappa shape index (κ2) is 6.29. The van der Waals surface area contributed by atoms with Gasteiger partial charge in [0.1, 0.15) is 12.2 Å². The van der Waals surface area contributed by atoms with Crippen LogP contribution in [0.25, 0.3) is 11.0 Å². The van der Waals surface area contributed by atoms with Gasteiger partial charge in [-0.2, -0.15) is 0 Å². The fraction of sp³-hybridized carbons (Fsp3) is 0.357. The number of rotatable bonds is 6. The first-order chi connectivity index (χ1) is 9.63. The maximum Gasteiger partial charge on any atom is 0.215 e. The molecule has 0 amide bonds. The van der Waals surface area contributed by atoms with E-state index in [1.54, 1.807) is 6.07 Å². The maximum absolute atomic E-state index is 8.80. The Balaban J connectivity index is 2.24. The molecule has 1 aromatic carbocycles. The first-order valence-electron chi connectivity index (χ1n) is 6.37. The number of oxime groups is 1. The summed E-state index contributed by atoms with van der Waals surface area (Å²) in [4.78, 5) is 0. The minimum atomic E-state index is -0.124. The molecule has 0 unspecified atom stereocenters.